The Bertz CT molecular complexity index is 458. The monoisotopic (exact) mass is 234 g/mol. The van der Waals surface area contributed by atoms with E-state index in [4.69, 9.17) is 10.3 Å². The molecule has 6 nitrogen and oxygen atoms in total. The Morgan fingerprint density at radius 1 is 1.47 bits per heavy atom. The molecule has 0 radical (unpaired) electrons. The van der Waals surface area contributed by atoms with E-state index in [9.17, 15) is 5.11 Å². The predicted octanol–water partition coefficient (Wildman–Crippen LogP) is 0.438. The normalized spacial score (nSPS) is 12.6. The van der Waals surface area contributed by atoms with E-state index in [1.54, 1.807) is 12.4 Å². The molecule has 3 N–H and O–H groups in total. The average Bonchev–Trinajstić information content (AvgIpc) is 2.79. The Balaban J connectivity index is 2.04. The van der Waals surface area contributed by atoms with E-state index in [0.717, 1.165) is 5.56 Å². The maximum Gasteiger partial charge on any atom is 0.255 e. The molecule has 2 heterocycles. The first-order valence-corrected chi connectivity index (χ1v) is 5.39. The number of aliphatic hydroxyl groups excluding tert-OH is 1. The van der Waals surface area contributed by atoms with Crippen molar-refractivity contribution in [1.29, 1.82) is 0 Å². The number of aliphatic hydroxyl groups is 1. The summed E-state index contributed by atoms with van der Waals surface area (Å²) < 4.78 is 4.96. The van der Waals surface area contributed by atoms with Gasteiger partial charge in [-0.05, 0) is 24.6 Å². The van der Waals surface area contributed by atoms with Gasteiger partial charge in [-0.1, -0.05) is 11.2 Å². The van der Waals surface area contributed by atoms with E-state index in [-0.39, 0.29) is 5.89 Å². The lowest BCUT2D eigenvalue weighted by atomic mass is 10.2. The zero-order valence-corrected chi connectivity index (χ0v) is 9.28. The second-order valence-electron chi connectivity index (χ2n) is 3.68. The summed E-state index contributed by atoms with van der Waals surface area (Å²) in [5.74, 6) is 0.749. The van der Waals surface area contributed by atoms with Gasteiger partial charge >= 0.3 is 0 Å². The molecular weight excluding hydrogens is 220 g/mol. The van der Waals surface area contributed by atoms with Crippen molar-refractivity contribution in [2.45, 2.75) is 18.9 Å². The van der Waals surface area contributed by atoms with Gasteiger partial charge in [0.25, 0.3) is 5.89 Å². The van der Waals surface area contributed by atoms with E-state index in [1.807, 2.05) is 12.1 Å². The fraction of sp³-hybridized carbons (Fsp3) is 0.364. The highest BCUT2D eigenvalue weighted by Crippen LogP contribution is 2.14. The standard InChI is InChI=1S/C11H14N4O2/c12-4-3-9(16)11-14-10(15-17-11)6-8-2-1-5-13-7-8/h1-2,5,7,9,16H,3-4,6,12H2. The molecule has 0 saturated heterocycles. The number of pyridine rings is 1. The molecule has 6 heteroatoms. The van der Waals surface area contributed by atoms with Crippen molar-refractivity contribution in [2.24, 2.45) is 5.73 Å². The summed E-state index contributed by atoms with van der Waals surface area (Å²) >= 11 is 0. The SMILES string of the molecule is NCCC(O)c1nc(Cc2cccnc2)no1. The molecule has 0 aliphatic heterocycles. The third kappa shape index (κ3) is 3.08. The second-order valence-corrected chi connectivity index (χ2v) is 3.68. The van der Waals surface area contributed by atoms with Crippen LogP contribution >= 0.6 is 0 Å². The van der Waals surface area contributed by atoms with Gasteiger partial charge < -0.3 is 15.4 Å². The van der Waals surface area contributed by atoms with Crippen LogP contribution in [0.15, 0.2) is 29.0 Å². The summed E-state index contributed by atoms with van der Waals surface area (Å²) in [7, 11) is 0. The highest BCUT2D eigenvalue weighted by atomic mass is 16.5. The van der Waals surface area contributed by atoms with Crippen molar-refractivity contribution in [2.75, 3.05) is 6.54 Å². The van der Waals surface area contributed by atoms with Gasteiger partial charge in [0, 0.05) is 18.8 Å². The number of nitrogens with zero attached hydrogens (tertiary/aromatic N) is 3. The quantitative estimate of drug-likeness (QED) is 0.778. The van der Waals surface area contributed by atoms with Gasteiger partial charge in [-0.2, -0.15) is 4.98 Å². The predicted molar refractivity (Wildman–Crippen MR) is 60.0 cm³/mol. The zero-order valence-electron chi connectivity index (χ0n) is 9.28. The van der Waals surface area contributed by atoms with Crippen molar-refractivity contribution in [3.05, 3.63) is 41.8 Å². The van der Waals surface area contributed by atoms with Crippen LogP contribution in [-0.4, -0.2) is 26.8 Å². The molecule has 0 aliphatic carbocycles. The van der Waals surface area contributed by atoms with Crippen LogP contribution < -0.4 is 5.73 Å². The maximum absolute atomic E-state index is 9.61. The molecule has 2 aromatic heterocycles. The minimum absolute atomic E-state index is 0.217. The van der Waals surface area contributed by atoms with Gasteiger partial charge in [0.05, 0.1) is 0 Å². The van der Waals surface area contributed by atoms with Crippen LogP contribution in [0.2, 0.25) is 0 Å². The second kappa shape index (κ2) is 5.51. The van der Waals surface area contributed by atoms with E-state index < -0.39 is 6.10 Å². The first kappa shape index (κ1) is 11.7. The van der Waals surface area contributed by atoms with Crippen LogP contribution in [0.25, 0.3) is 0 Å². The van der Waals surface area contributed by atoms with Gasteiger partial charge in [-0.3, -0.25) is 4.98 Å². The number of rotatable bonds is 5. The third-order valence-corrected chi connectivity index (χ3v) is 2.29. The number of aromatic nitrogens is 3. The topological polar surface area (TPSA) is 98.1 Å². The molecule has 90 valence electrons. The lowest BCUT2D eigenvalue weighted by Gasteiger charge is -2.00. The molecular formula is C11H14N4O2. The third-order valence-electron chi connectivity index (χ3n) is 2.29. The Labute approximate surface area is 98.5 Å². The number of nitrogens with two attached hydrogens (primary N) is 1. The summed E-state index contributed by atoms with van der Waals surface area (Å²) in [6.07, 6.45) is 3.61. The molecule has 1 unspecified atom stereocenters. The molecule has 2 aromatic rings. The summed E-state index contributed by atoms with van der Waals surface area (Å²) in [5, 5.41) is 13.4. The summed E-state index contributed by atoms with van der Waals surface area (Å²) in [4.78, 5) is 8.11. The molecule has 0 amide bonds. The molecule has 17 heavy (non-hydrogen) atoms. The summed E-state index contributed by atoms with van der Waals surface area (Å²) in [5.41, 5.74) is 6.33. The number of hydrogen-bond donors (Lipinski definition) is 2. The fourth-order valence-electron chi connectivity index (χ4n) is 1.44. The Morgan fingerprint density at radius 2 is 2.35 bits per heavy atom. The molecule has 0 aromatic carbocycles. The number of hydrogen-bond acceptors (Lipinski definition) is 6. The lowest BCUT2D eigenvalue weighted by Crippen LogP contribution is -2.07. The van der Waals surface area contributed by atoms with Crippen molar-refractivity contribution in [1.82, 2.24) is 15.1 Å². The molecule has 0 aliphatic rings. The van der Waals surface area contributed by atoms with Crippen LogP contribution in [-0.2, 0) is 6.42 Å². The van der Waals surface area contributed by atoms with E-state index in [2.05, 4.69) is 15.1 Å². The first-order chi connectivity index (χ1) is 8.29. The van der Waals surface area contributed by atoms with Crippen LogP contribution in [0, 0.1) is 0 Å². The van der Waals surface area contributed by atoms with E-state index in [0.29, 0.717) is 25.2 Å². The largest absolute Gasteiger partial charge is 0.383 e. The molecule has 0 spiro atoms. The molecule has 0 bridgehead atoms. The van der Waals surface area contributed by atoms with Crippen LogP contribution in [0.5, 0.6) is 0 Å². The minimum Gasteiger partial charge on any atom is -0.383 e. The van der Waals surface area contributed by atoms with Crippen molar-refractivity contribution in [3.8, 4) is 0 Å². The first-order valence-electron chi connectivity index (χ1n) is 5.39. The van der Waals surface area contributed by atoms with Gasteiger partial charge in [0.2, 0.25) is 0 Å². The van der Waals surface area contributed by atoms with Crippen LogP contribution in [0.4, 0.5) is 0 Å². The smallest absolute Gasteiger partial charge is 0.255 e. The van der Waals surface area contributed by atoms with E-state index in [1.165, 1.54) is 0 Å². The molecule has 0 saturated carbocycles. The van der Waals surface area contributed by atoms with Crippen molar-refractivity contribution >= 4 is 0 Å². The van der Waals surface area contributed by atoms with Crippen molar-refractivity contribution in [3.63, 3.8) is 0 Å². The Hall–Kier alpha value is -1.79. The van der Waals surface area contributed by atoms with Crippen molar-refractivity contribution < 1.29 is 9.63 Å². The average molecular weight is 234 g/mol. The molecule has 0 fully saturated rings. The fourth-order valence-corrected chi connectivity index (χ4v) is 1.44. The van der Waals surface area contributed by atoms with Gasteiger partial charge in [-0.15, -0.1) is 0 Å². The van der Waals surface area contributed by atoms with Gasteiger partial charge in [-0.25, -0.2) is 0 Å². The van der Waals surface area contributed by atoms with E-state index >= 15 is 0 Å². The lowest BCUT2D eigenvalue weighted by molar-refractivity contribution is 0.127. The maximum atomic E-state index is 9.61. The Morgan fingerprint density at radius 3 is 3.06 bits per heavy atom. The molecule has 2 rings (SSSR count). The summed E-state index contributed by atoms with van der Waals surface area (Å²) in [6.45, 7) is 0.376. The summed E-state index contributed by atoms with van der Waals surface area (Å²) in [6, 6.07) is 3.78. The van der Waals surface area contributed by atoms with Gasteiger partial charge in [0.1, 0.15) is 6.10 Å². The minimum atomic E-state index is -0.782. The van der Waals surface area contributed by atoms with Gasteiger partial charge in [0.15, 0.2) is 5.82 Å². The highest BCUT2D eigenvalue weighted by molar-refractivity contribution is 5.13. The molecule has 1 atom stereocenters. The highest BCUT2D eigenvalue weighted by Gasteiger charge is 2.15. The van der Waals surface area contributed by atoms with Crippen LogP contribution in [0.1, 0.15) is 29.8 Å². The van der Waals surface area contributed by atoms with Crippen LogP contribution in [0.3, 0.4) is 0 Å². The Kier molecular flexibility index (Phi) is 3.79. The zero-order chi connectivity index (χ0) is 12.1.